The van der Waals surface area contributed by atoms with Gasteiger partial charge in [0.25, 0.3) is 11.5 Å². The Morgan fingerprint density at radius 3 is 2.77 bits per heavy atom. The molecule has 1 fully saturated rings. The molecule has 0 spiro atoms. The van der Waals surface area contributed by atoms with Crippen molar-refractivity contribution in [3.05, 3.63) is 58.0 Å². The number of anilines is 1. The summed E-state index contributed by atoms with van der Waals surface area (Å²) in [6, 6.07) is 7.73. The number of nitrogens with zero attached hydrogens (tertiary/aromatic N) is 4. The average Bonchev–Trinajstić information content (AvgIpc) is 2.77. The molecule has 0 aliphatic carbocycles. The summed E-state index contributed by atoms with van der Waals surface area (Å²) in [4.78, 5) is 40.6. The lowest BCUT2D eigenvalue weighted by atomic mass is 10.0. The molecule has 2 N–H and O–H groups in total. The van der Waals surface area contributed by atoms with E-state index in [1.807, 2.05) is 11.9 Å². The van der Waals surface area contributed by atoms with Gasteiger partial charge in [-0.2, -0.15) is 5.10 Å². The highest BCUT2D eigenvalue weighted by molar-refractivity contribution is 5.99. The molecule has 0 unspecified atom stereocenters. The van der Waals surface area contributed by atoms with Gasteiger partial charge in [0, 0.05) is 51.0 Å². The molecule has 1 aromatic heterocycles. The zero-order chi connectivity index (χ0) is 21.7. The highest BCUT2D eigenvalue weighted by Crippen LogP contribution is 2.22. The third-order valence-corrected chi connectivity index (χ3v) is 5.31. The summed E-state index contributed by atoms with van der Waals surface area (Å²) < 4.78 is 6.52. The number of benzene rings is 1. The molecule has 1 saturated heterocycles. The maximum Gasteiger partial charge on any atom is 0.269 e. The van der Waals surface area contributed by atoms with Crippen molar-refractivity contribution in [1.29, 1.82) is 0 Å². The number of piperidine rings is 1. The lowest BCUT2D eigenvalue weighted by Crippen LogP contribution is -2.43. The number of carbonyl (C=O) groups is 2. The van der Waals surface area contributed by atoms with Crippen LogP contribution in [0.2, 0.25) is 0 Å². The van der Waals surface area contributed by atoms with Gasteiger partial charge in [-0.1, -0.05) is 6.07 Å². The van der Waals surface area contributed by atoms with Crippen molar-refractivity contribution in [1.82, 2.24) is 14.7 Å². The van der Waals surface area contributed by atoms with E-state index in [4.69, 9.17) is 10.5 Å². The van der Waals surface area contributed by atoms with E-state index in [0.717, 1.165) is 18.5 Å². The minimum absolute atomic E-state index is 0.188. The molecule has 3 rings (SSSR count). The first-order chi connectivity index (χ1) is 14.4. The van der Waals surface area contributed by atoms with Gasteiger partial charge < -0.3 is 20.3 Å². The number of primary amides is 1. The molecule has 1 atom stereocenters. The Kier molecular flexibility index (Phi) is 6.83. The number of aromatic nitrogens is 2. The fourth-order valence-corrected chi connectivity index (χ4v) is 3.58. The summed E-state index contributed by atoms with van der Waals surface area (Å²) in [6.45, 7) is 2.17. The number of carbonyl (C=O) groups excluding carboxylic acids is 2. The van der Waals surface area contributed by atoms with Gasteiger partial charge in [0.1, 0.15) is 0 Å². The predicted octanol–water partition coefficient (Wildman–Crippen LogP) is 0.902. The number of amides is 2. The van der Waals surface area contributed by atoms with Crippen molar-refractivity contribution in [3.63, 3.8) is 0 Å². The van der Waals surface area contributed by atoms with Gasteiger partial charge in [0.2, 0.25) is 5.91 Å². The van der Waals surface area contributed by atoms with E-state index >= 15 is 0 Å². The Hall–Kier alpha value is -3.20. The number of hydrogen-bond acceptors (Lipinski definition) is 6. The van der Waals surface area contributed by atoms with Crippen LogP contribution in [0.3, 0.4) is 0 Å². The molecule has 1 aliphatic heterocycles. The van der Waals surface area contributed by atoms with Crippen molar-refractivity contribution in [2.45, 2.75) is 18.9 Å². The number of hydrogen-bond donors (Lipinski definition) is 1. The van der Waals surface area contributed by atoms with Crippen LogP contribution >= 0.6 is 0 Å². The average molecular weight is 413 g/mol. The standard InChI is InChI=1S/C21H27N5O4/c1-24(9-10-30-2)18-12-19(27)26(23-13-18)17-7-4-8-25(14-17)21(29)16-6-3-5-15(11-16)20(22)28/h3,5-6,11-13,17H,4,7-10,14H2,1-2H3,(H2,22,28)/t17-/m1/s1. The van der Waals surface area contributed by atoms with Crippen molar-refractivity contribution in [2.75, 3.05) is 45.3 Å². The number of ether oxygens (including phenoxy) is 1. The zero-order valence-electron chi connectivity index (χ0n) is 17.3. The first kappa shape index (κ1) is 21.5. The van der Waals surface area contributed by atoms with Gasteiger partial charge in [-0.05, 0) is 31.0 Å². The summed E-state index contributed by atoms with van der Waals surface area (Å²) in [5.74, 6) is -0.765. The summed E-state index contributed by atoms with van der Waals surface area (Å²) >= 11 is 0. The second-order valence-electron chi connectivity index (χ2n) is 7.40. The van der Waals surface area contributed by atoms with Crippen LogP contribution in [0.5, 0.6) is 0 Å². The molecule has 9 nitrogen and oxygen atoms in total. The Labute approximate surface area is 175 Å². The molecule has 0 radical (unpaired) electrons. The largest absolute Gasteiger partial charge is 0.383 e. The highest BCUT2D eigenvalue weighted by Gasteiger charge is 2.27. The normalized spacial score (nSPS) is 16.3. The van der Waals surface area contributed by atoms with Gasteiger partial charge in [0.15, 0.2) is 0 Å². The maximum atomic E-state index is 12.9. The van der Waals surface area contributed by atoms with Gasteiger partial charge in [-0.3, -0.25) is 14.4 Å². The van der Waals surface area contributed by atoms with Crippen LogP contribution in [0, 0.1) is 0 Å². The van der Waals surface area contributed by atoms with Crippen LogP contribution in [0.1, 0.15) is 39.6 Å². The fourth-order valence-electron chi connectivity index (χ4n) is 3.58. The molecule has 0 bridgehead atoms. The van der Waals surface area contributed by atoms with Crippen LogP contribution < -0.4 is 16.2 Å². The molecular formula is C21H27N5O4. The van der Waals surface area contributed by atoms with E-state index in [1.165, 1.54) is 10.7 Å². The Bertz CT molecular complexity index is 974. The molecule has 1 aliphatic rings. The van der Waals surface area contributed by atoms with E-state index in [1.54, 1.807) is 42.5 Å². The van der Waals surface area contributed by atoms with Crippen LogP contribution in [-0.4, -0.2) is 66.9 Å². The molecule has 0 saturated carbocycles. The zero-order valence-corrected chi connectivity index (χ0v) is 17.3. The highest BCUT2D eigenvalue weighted by atomic mass is 16.5. The van der Waals surface area contributed by atoms with Gasteiger partial charge >= 0.3 is 0 Å². The predicted molar refractivity (Wildman–Crippen MR) is 113 cm³/mol. The Morgan fingerprint density at radius 1 is 1.30 bits per heavy atom. The number of likely N-dealkylation sites (N-methyl/N-ethyl adjacent to an activating group) is 1. The van der Waals surface area contributed by atoms with Gasteiger partial charge in [0.05, 0.1) is 24.5 Å². The molecular weight excluding hydrogens is 386 g/mol. The van der Waals surface area contributed by atoms with E-state index in [-0.39, 0.29) is 17.5 Å². The summed E-state index contributed by atoms with van der Waals surface area (Å²) in [7, 11) is 3.51. The summed E-state index contributed by atoms with van der Waals surface area (Å²) in [5, 5.41) is 4.36. The number of likely N-dealkylation sites (tertiary alicyclic amines) is 1. The third kappa shape index (κ3) is 4.85. The third-order valence-electron chi connectivity index (χ3n) is 5.31. The summed E-state index contributed by atoms with van der Waals surface area (Å²) in [5.41, 5.74) is 6.53. The topological polar surface area (TPSA) is 111 Å². The Morgan fingerprint density at radius 2 is 2.07 bits per heavy atom. The first-order valence-electron chi connectivity index (χ1n) is 9.88. The fraction of sp³-hybridized carbons (Fsp3) is 0.429. The smallest absolute Gasteiger partial charge is 0.269 e. The molecule has 160 valence electrons. The quantitative estimate of drug-likeness (QED) is 0.722. The molecule has 2 aromatic rings. The molecule has 30 heavy (non-hydrogen) atoms. The lowest BCUT2D eigenvalue weighted by molar-refractivity contribution is 0.0670. The molecule has 2 amide bonds. The van der Waals surface area contributed by atoms with Crippen LogP contribution in [0.4, 0.5) is 5.69 Å². The number of methoxy groups -OCH3 is 1. The molecule has 1 aromatic carbocycles. The monoisotopic (exact) mass is 413 g/mol. The van der Waals surface area contributed by atoms with Gasteiger partial charge in [-0.25, -0.2) is 4.68 Å². The minimum Gasteiger partial charge on any atom is -0.383 e. The van der Waals surface area contributed by atoms with Crippen LogP contribution in [0.25, 0.3) is 0 Å². The van der Waals surface area contributed by atoms with Gasteiger partial charge in [-0.15, -0.1) is 0 Å². The summed E-state index contributed by atoms with van der Waals surface area (Å²) in [6.07, 6.45) is 3.18. The van der Waals surface area contributed by atoms with E-state index in [2.05, 4.69) is 5.10 Å². The maximum absolute atomic E-state index is 12.9. The number of rotatable bonds is 7. The molecule has 9 heteroatoms. The first-order valence-corrected chi connectivity index (χ1v) is 9.88. The second-order valence-corrected chi connectivity index (χ2v) is 7.40. The van der Waals surface area contributed by atoms with Crippen LogP contribution in [-0.2, 0) is 4.74 Å². The molecule has 2 heterocycles. The minimum atomic E-state index is -0.576. The van der Waals surface area contributed by atoms with Crippen molar-refractivity contribution in [3.8, 4) is 0 Å². The second kappa shape index (κ2) is 9.53. The van der Waals surface area contributed by atoms with E-state index in [0.29, 0.717) is 37.4 Å². The van der Waals surface area contributed by atoms with Crippen molar-refractivity contribution < 1.29 is 14.3 Å². The lowest BCUT2D eigenvalue weighted by Gasteiger charge is -2.33. The van der Waals surface area contributed by atoms with Crippen molar-refractivity contribution >= 4 is 17.5 Å². The SMILES string of the molecule is COCCN(C)c1cnn([C@@H]2CCCN(C(=O)c3cccc(C(N)=O)c3)C2)c(=O)c1. The van der Waals surface area contributed by atoms with Crippen molar-refractivity contribution in [2.24, 2.45) is 5.73 Å². The van der Waals surface area contributed by atoms with E-state index < -0.39 is 5.91 Å². The Balaban J connectivity index is 1.74. The van der Waals surface area contributed by atoms with Crippen LogP contribution in [0.15, 0.2) is 41.3 Å². The number of nitrogens with two attached hydrogens (primary N) is 1. The van der Waals surface area contributed by atoms with E-state index in [9.17, 15) is 14.4 Å².